The van der Waals surface area contributed by atoms with E-state index in [1.165, 1.54) is 22.3 Å². The Labute approximate surface area is 710 Å². The molecule has 19 aromatic rings. The van der Waals surface area contributed by atoms with E-state index in [4.69, 9.17) is 18.6 Å². The van der Waals surface area contributed by atoms with E-state index in [1.54, 1.807) is 0 Å². The van der Waals surface area contributed by atoms with Gasteiger partial charge in [-0.25, -0.2) is 0 Å². The molecule has 8 heteroatoms. The minimum Gasteiger partial charge on any atom is -0.457 e. The first-order valence-corrected chi connectivity index (χ1v) is 41.6. The van der Waals surface area contributed by atoms with Crippen molar-refractivity contribution in [1.82, 2.24) is 10.2 Å². The summed E-state index contributed by atoms with van der Waals surface area (Å²) >= 11 is 0. The van der Waals surface area contributed by atoms with Gasteiger partial charge in [0.1, 0.15) is 34.5 Å². The average molecular weight is 1570 g/mol. The van der Waals surface area contributed by atoms with Crippen LogP contribution in [0.5, 0.6) is 34.5 Å². The van der Waals surface area contributed by atoms with Crippen molar-refractivity contribution in [2.24, 2.45) is 0 Å². The van der Waals surface area contributed by atoms with Crippen molar-refractivity contribution in [3.63, 3.8) is 0 Å². The summed E-state index contributed by atoms with van der Waals surface area (Å²) in [6.07, 6.45) is 0. The van der Waals surface area contributed by atoms with E-state index < -0.39 is 16.2 Å². The Hall–Kier alpha value is -16.5. The SMILES string of the molecule is N#Cc1cccc(-c2cccc(-c3ccc4c(c3)C3(c5ccccc5-c5ccccc53)c3cccc(-c5cccc6c5-c5ccccc5C65c6cc(-c7cccc(-c8ccccc8C#N)c7)ccc6Oc6c(-c7cccc8c7-c7ccccc7C87c8ccccc8Oc8ccc(-c9cccc(-c%10nnc(-c%11ccccc%11)o%10)c9)cc87)cccc65)c3O4)c2)c1. The molecule has 0 radical (unpaired) electrons. The topological polar surface area (TPSA) is 114 Å². The van der Waals surface area contributed by atoms with Crippen LogP contribution in [0.1, 0.15) is 77.9 Å². The fraction of sp³-hybridized carbons (Fsp3) is 0.0261. The first-order valence-electron chi connectivity index (χ1n) is 41.6. The van der Waals surface area contributed by atoms with E-state index in [-0.39, 0.29) is 0 Å². The number of benzene rings is 18. The number of rotatable bonds is 9. The van der Waals surface area contributed by atoms with Crippen LogP contribution in [0.3, 0.4) is 0 Å². The lowest BCUT2D eigenvalue weighted by atomic mass is 9.64. The Morgan fingerprint density at radius 2 is 0.537 bits per heavy atom. The number of fused-ring (bicyclic) bond motifs is 27. The van der Waals surface area contributed by atoms with Crippen molar-refractivity contribution in [2.75, 3.05) is 0 Å². The van der Waals surface area contributed by atoms with Crippen LogP contribution in [0.2, 0.25) is 0 Å². The molecule has 3 spiro atoms. The fourth-order valence-corrected chi connectivity index (χ4v) is 21.5. The number of aromatic nitrogens is 2. The van der Waals surface area contributed by atoms with Gasteiger partial charge in [-0.05, 0) is 231 Å². The molecule has 3 aliphatic carbocycles. The molecule has 1 aromatic heterocycles. The predicted molar refractivity (Wildman–Crippen MR) is 485 cm³/mol. The van der Waals surface area contributed by atoms with Gasteiger partial charge in [-0.15, -0.1) is 10.2 Å². The van der Waals surface area contributed by atoms with Gasteiger partial charge in [-0.1, -0.05) is 303 Å². The van der Waals surface area contributed by atoms with Gasteiger partial charge in [0.15, 0.2) is 0 Å². The van der Waals surface area contributed by atoms with Crippen LogP contribution in [0.15, 0.2) is 405 Å². The number of hydrogen-bond acceptors (Lipinski definition) is 8. The second-order valence-corrected chi connectivity index (χ2v) is 32.6. The van der Waals surface area contributed by atoms with Crippen LogP contribution in [-0.4, -0.2) is 10.2 Å². The first-order chi connectivity index (χ1) is 60.9. The quantitative estimate of drug-likeness (QED) is 0.140. The van der Waals surface area contributed by atoms with Crippen molar-refractivity contribution in [2.45, 2.75) is 16.2 Å². The molecule has 0 N–H and O–H groups in total. The Morgan fingerprint density at radius 3 is 1.07 bits per heavy atom. The van der Waals surface area contributed by atoms with Gasteiger partial charge in [0.25, 0.3) is 0 Å². The summed E-state index contributed by atoms with van der Waals surface area (Å²) in [5.74, 6) is 5.53. The van der Waals surface area contributed by atoms with Crippen molar-refractivity contribution in [3.05, 3.63) is 478 Å². The zero-order valence-corrected chi connectivity index (χ0v) is 66.0. The lowest BCUT2D eigenvalue weighted by molar-refractivity contribution is 0.436. The summed E-state index contributed by atoms with van der Waals surface area (Å²) in [6, 6.07) is 148. The second-order valence-electron chi connectivity index (χ2n) is 32.6. The molecule has 25 rings (SSSR count). The molecule has 2 unspecified atom stereocenters. The molecular weight excluding hydrogens is 1500 g/mol. The highest BCUT2D eigenvalue weighted by Gasteiger charge is 2.57. The fourth-order valence-electron chi connectivity index (χ4n) is 21.5. The molecule has 0 saturated carbocycles. The highest BCUT2D eigenvalue weighted by Crippen LogP contribution is 2.70. The molecule has 6 aliphatic rings. The average Bonchev–Trinajstić information content (AvgIpc) is 1.52. The van der Waals surface area contributed by atoms with E-state index >= 15 is 0 Å². The molecule has 0 amide bonds. The Balaban J connectivity index is 0.695. The molecule has 8 nitrogen and oxygen atoms in total. The van der Waals surface area contributed by atoms with Crippen molar-refractivity contribution < 1.29 is 18.6 Å². The third-order valence-electron chi connectivity index (χ3n) is 26.6. The molecule has 123 heavy (non-hydrogen) atoms. The van der Waals surface area contributed by atoms with E-state index in [0.29, 0.717) is 22.9 Å². The van der Waals surface area contributed by atoms with Gasteiger partial charge < -0.3 is 18.6 Å². The monoisotopic (exact) mass is 1570 g/mol. The number of ether oxygens (including phenoxy) is 3. The summed E-state index contributed by atoms with van der Waals surface area (Å²) in [6.45, 7) is 0. The first kappa shape index (κ1) is 69.6. The molecule has 4 heterocycles. The molecular formula is C115H66N4O4. The van der Waals surface area contributed by atoms with E-state index in [9.17, 15) is 10.5 Å². The summed E-state index contributed by atoms with van der Waals surface area (Å²) in [5.41, 5.74) is 34.0. The third-order valence-corrected chi connectivity index (χ3v) is 26.6. The predicted octanol–water partition coefficient (Wildman–Crippen LogP) is 28.2. The number of hydrogen-bond donors (Lipinski definition) is 0. The smallest absolute Gasteiger partial charge is 0.248 e. The minimum atomic E-state index is -1.02. The van der Waals surface area contributed by atoms with Gasteiger partial charge in [0.05, 0.1) is 39.5 Å². The maximum Gasteiger partial charge on any atom is 0.248 e. The highest BCUT2D eigenvalue weighted by atomic mass is 16.5. The molecule has 3 aliphatic heterocycles. The zero-order valence-electron chi connectivity index (χ0n) is 66.0. The zero-order chi connectivity index (χ0) is 81.2. The standard InChI is InChI=1S/C115H66N4O4/c116-67-69-24-16-28-71(60-69)72-29-17-30-73(61-72)76-55-58-105-101(65-76)113(91-44-10-6-36-83(91)84-37-7-11-45-92(84)113)98-51-22-42-87(109(98)121-105)86-41-21-50-97-108(86)90-39-9-13-47-94(90)115(97)99-52-23-43-88(110(99)122-106-59-56-77(66-102(106)115)74-31-18-33-79(62-74)82-35-5-4-27-81(82)68-117)85-40-20-49-96-107(85)89-38-8-12-46-93(89)114(96)95-48-14-15-53-103(95)120-104-57-54-78(64-100(104)114)75-32-19-34-80(63-75)112-119-118-111(123-112)70-25-2-1-3-26-70/h1-66H. The lowest BCUT2D eigenvalue weighted by Crippen LogP contribution is -2.32. The lowest BCUT2D eigenvalue weighted by Gasteiger charge is -2.41. The molecule has 0 fully saturated rings. The van der Waals surface area contributed by atoms with Gasteiger partial charge >= 0.3 is 0 Å². The van der Waals surface area contributed by atoms with Crippen molar-refractivity contribution >= 4 is 0 Å². The molecule has 570 valence electrons. The Kier molecular flexibility index (Phi) is 15.1. The summed E-state index contributed by atoms with van der Waals surface area (Å²) < 4.78 is 29.2. The Bertz CT molecular complexity index is 7830. The summed E-state index contributed by atoms with van der Waals surface area (Å²) in [5, 5.41) is 29.5. The molecule has 0 bridgehead atoms. The van der Waals surface area contributed by atoms with Crippen LogP contribution in [0, 0.1) is 22.7 Å². The number of nitrogens with zero attached hydrogens (tertiary/aromatic N) is 4. The van der Waals surface area contributed by atoms with Crippen molar-refractivity contribution in [1.29, 1.82) is 10.5 Å². The third kappa shape index (κ3) is 9.92. The second kappa shape index (κ2) is 26.7. The van der Waals surface area contributed by atoms with Gasteiger partial charge in [-0.3, -0.25) is 0 Å². The molecule has 2 atom stereocenters. The minimum absolute atomic E-state index is 0.438. The summed E-state index contributed by atoms with van der Waals surface area (Å²) in [7, 11) is 0. The van der Waals surface area contributed by atoms with Crippen LogP contribution in [0.25, 0.3) is 134 Å². The van der Waals surface area contributed by atoms with Crippen LogP contribution in [0.4, 0.5) is 0 Å². The van der Waals surface area contributed by atoms with Crippen LogP contribution in [-0.2, 0) is 16.2 Å². The van der Waals surface area contributed by atoms with Gasteiger partial charge in [0.2, 0.25) is 11.8 Å². The largest absolute Gasteiger partial charge is 0.457 e. The van der Waals surface area contributed by atoms with E-state index in [0.717, 1.165) is 201 Å². The maximum absolute atomic E-state index is 10.5. The molecule has 0 saturated heterocycles. The van der Waals surface area contributed by atoms with Crippen LogP contribution < -0.4 is 14.2 Å². The van der Waals surface area contributed by atoms with Gasteiger partial charge in [-0.2, -0.15) is 10.5 Å². The normalized spacial score (nSPS) is 15.3. The van der Waals surface area contributed by atoms with Crippen molar-refractivity contribution in [3.8, 4) is 181 Å². The molecule has 18 aromatic carbocycles. The number of para-hydroxylation sites is 3. The maximum atomic E-state index is 10.5. The highest BCUT2D eigenvalue weighted by molar-refractivity contribution is 6.03. The van der Waals surface area contributed by atoms with Gasteiger partial charge in [0, 0.05) is 55.6 Å². The van der Waals surface area contributed by atoms with Crippen LogP contribution >= 0.6 is 0 Å². The van der Waals surface area contributed by atoms with E-state index in [1.807, 2.05) is 78.9 Å². The number of nitriles is 2. The summed E-state index contributed by atoms with van der Waals surface area (Å²) in [4.78, 5) is 0. The Morgan fingerprint density at radius 1 is 0.203 bits per heavy atom. The van der Waals surface area contributed by atoms with E-state index in [2.05, 4.69) is 344 Å².